The van der Waals surface area contributed by atoms with Crippen LogP contribution < -0.4 is 0 Å². The Labute approximate surface area is 164 Å². The molecule has 28 heavy (non-hydrogen) atoms. The second kappa shape index (κ2) is 8.83. The topological polar surface area (TPSA) is 67.9 Å². The number of carbonyl (C=O) groups is 1. The molecular weight excluding hydrogens is 350 g/mol. The van der Waals surface area contributed by atoms with Crippen LogP contribution in [0.25, 0.3) is 17.3 Å². The van der Waals surface area contributed by atoms with Gasteiger partial charge in [0.15, 0.2) is 0 Å². The zero-order valence-corrected chi connectivity index (χ0v) is 15.9. The molecule has 140 valence electrons. The third kappa shape index (κ3) is 4.74. The summed E-state index contributed by atoms with van der Waals surface area (Å²) in [6.45, 7) is 4.09. The van der Waals surface area contributed by atoms with E-state index in [1.807, 2.05) is 77.6 Å². The normalized spacial score (nSPS) is 11.3. The molecule has 0 fully saturated rings. The SMILES string of the molecule is CC(C)OC(=O)/C(C#N)=C/c1cn(Cc2ccccc2)nc1-c1ccccc1. The van der Waals surface area contributed by atoms with Gasteiger partial charge in [-0.05, 0) is 25.5 Å². The van der Waals surface area contributed by atoms with E-state index in [-0.39, 0.29) is 11.7 Å². The molecule has 0 aliphatic rings. The summed E-state index contributed by atoms with van der Waals surface area (Å²) in [6, 6.07) is 21.6. The average molecular weight is 371 g/mol. The Kier molecular flexibility index (Phi) is 6.03. The molecule has 0 amide bonds. The fourth-order valence-corrected chi connectivity index (χ4v) is 2.78. The highest BCUT2D eigenvalue weighted by Gasteiger charge is 2.16. The number of hydrogen-bond donors (Lipinski definition) is 0. The molecule has 5 nitrogen and oxygen atoms in total. The first-order chi connectivity index (χ1) is 13.6. The van der Waals surface area contributed by atoms with E-state index in [1.54, 1.807) is 19.9 Å². The van der Waals surface area contributed by atoms with Crippen LogP contribution in [-0.4, -0.2) is 21.9 Å². The van der Waals surface area contributed by atoms with Crippen molar-refractivity contribution in [1.82, 2.24) is 9.78 Å². The molecule has 3 aromatic rings. The molecule has 2 aromatic carbocycles. The minimum Gasteiger partial charge on any atom is -0.459 e. The van der Waals surface area contributed by atoms with Crippen molar-refractivity contribution in [3.63, 3.8) is 0 Å². The molecule has 3 rings (SSSR count). The number of hydrogen-bond acceptors (Lipinski definition) is 4. The predicted molar refractivity (Wildman–Crippen MR) is 108 cm³/mol. The molecule has 5 heteroatoms. The van der Waals surface area contributed by atoms with Crippen molar-refractivity contribution >= 4 is 12.0 Å². The number of nitriles is 1. The predicted octanol–water partition coefficient (Wildman–Crippen LogP) is 4.46. The molecule has 0 radical (unpaired) electrons. The number of benzene rings is 2. The summed E-state index contributed by atoms with van der Waals surface area (Å²) in [5.41, 5.74) is 3.38. The highest BCUT2D eigenvalue weighted by atomic mass is 16.5. The molecule has 1 aromatic heterocycles. The summed E-state index contributed by atoms with van der Waals surface area (Å²) in [6.07, 6.45) is 3.09. The van der Waals surface area contributed by atoms with Gasteiger partial charge in [-0.1, -0.05) is 60.7 Å². The second-order valence-electron chi connectivity index (χ2n) is 6.61. The number of rotatable bonds is 6. The third-order valence-electron chi connectivity index (χ3n) is 4.01. The lowest BCUT2D eigenvalue weighted by atomic mass is 10.1. The maximum absolute atomic E-state index is 12.2. The van der Waals surface area contributed by atoms with Gasteiger partial charge in [0.2, 0.25) is 0 Å². The molecule has 0 atom stereocenters. The Bertz CT molecular complexity index is 1010. The smallest absolute Gasteiger partial charge is 0.349 e. The van der Waals surface area contributed by atoms with Crippen molar-refractivity contribution < 1.29 is 9.53 Å². The Morgan fingerprint density at radius 1 is 1.14 bits per heavy atom. The van der Waals surface area contributed by atoms with E-state index >= 15 is 0 Å². The van der Waals surface area contributed by atoms with Crippen LogP contribution in [-0.2, 0) is 16.1 Å². The van der Waals surface area contributed by atoms with Crippen molar-refractivity contribution in [1.29, 1.82) is 5.26 Å². The Balaban J connectivity index is 2.02. The van der Waals surface area contributed by atoms with Crippen molar-refractivity contribution in [3.8, 4) is 17.3 Å². The third-order valence-corrected chi connectivity index (χ3v) is 4.01. The van der Waals surface area contributed by atoms with Gasteiger partial charge in [-0.15, -0.1) is 0 Å². The van der Waals surface area contributed by atoms with E-state index in [0.29, 0.717) is 17.8 Å². The molecule has 0 aliphatic carbocycles. The van der Waals surface area contributed by atoms with Gasteiger partial charge in [0, 0.05) is 17.3 Å². The lowest BCUT2D eigenvalue weighted by Crippen LogP contribution is -2.12. The molecule has 0 saturated carbocycles. The van der Waals surface area contributed by atoms with Crippen molar-refractivity contribution in [2.75, 3.05) is 0 Å². The van der Waals surface area contributed by atoms with Gasteiger partial charge in [0.1, 0.15) is 11.6 Å². The van der Waals surface area contributed by atoms with Crippen LogP contribution in [0, 0.1) is 11.3 Å². The first kappa shape index (κ1) is 19.1. The summed E-state index contributed by atoms with van der Waals surface area (Å²) in [5, 5.41) is 14.1. The lowest BCUT2D eigenvalue weighted by molar-refractivity contribution is -0.142. The Hall–Kier alpha value is -3.65. The number of aromatic nitrogens is 2. The zero-order valence-electron chi connectivity index (χ0n) is 15.9. The fraction of sp³-hybridized carbons (Fsp3) is 0.174. The van der Waals surface area contributed by atoms with Gasteiger partial charge >= 0.3 is 5.97 Å². The van der Waals surface area contributed by atoms with E-state index in [1.165, 1.54) is 0 Å². The van der Waals surface area contributed by atoms with Gasteiger partial charge in [0.25, 0.3) is 0 Å². The monoisotopic (exact) mass is 371 g/mol. The lowest BCUT2D eigenvalue weighted by Gasteiger charge is -2.06. The van der Waals surface area contributed by atoms with Crippen LogP contribution in [0.3, 0.4) is 0 Å². The largest absolute Gasteiger partial charge is 0.459 e. The number of carbonyl (C=O) groups excluding carboxylic acids is 1. The van der Waals surface area contributed by atoms with Crippen LogP contribution in [0.15, 0.2) is 72.4 Å². The van der Waals surface area contributed by atoms with Gasteiger partial charge in [-0.3, -0.25) is 4.68 Å². The Morgan fingerprint density at radius 3 is 2.39 bits per heavy atom. The van der Waals surface area contributed by atoms with E-state index in [0.717, 1.165) is 11.1 Å². The van der Waals surface area contributed by atoms with Crippen LogP contribution in [0.2, 0.25) is 0 Å². The highest BCUT2D eigenvalue weighted by Crippen LogP contribution is 2.25. The van der Waals surface area contributed by atoms with Crippen LogP contribution in [0.1, 0.15) is 25.0 Å². The molecule has 0 bridgehead atoms. The van der Waals surface area contributed by atoms with Crippen LogP contribution in [0.5, 0.6) is 0 Å². The fourth-order valence-electron chi connectivity index (χ4n) is 2.78. The minimum absolute atomic E-state index is 0.0508. The number of esters is 1. The minimum atomic E-state index is -0.632. The summed E-state index contributed by atoms with van der Waals surface area (Å²) in [7, 11) is 0. The molecule has 0 unspecified atom stereocenters. The standard InChI is InChI=1S/C23H21N3O2/c1-17(2)28-23(27)20(14-24)13-21-16-26(15-18-9-5-3-6-10-18)25-22(21)19-11-7-4-8-12-19/h3-13,16-17H,15H2,1-2H3/b20-13+. The summed E-state index contributed by atoms with van der Waals surface area (Å²) >= 11 is 0. The molecular formula is C23H21N3O2. The van der Waals surface area contributed by atoms with Gasteiger partial charge in [-0.2, -0.15) is 10.4 Å². The van der Waals surface area contributed by atoms with Gasteiger partial charge < -0.3 is 4.74 Å². The van der Waals surface area contributed by atoms with Crippen LogP contribution in [0.4, 0.5) is 0 Å². The first-order valence-corrected chi connectivity index (χ1v) is 9.06. The maximum Gasteiger partial charge on any atom is 0.349 e. The molecule has 0 N–H and O–H groups in total. The van der Waals surface area contributed by atoms with E-state index in [9.17, 15) is 10.1 Å². The number of nitrogens with zero attached hydrogens (tertiary/aromatic N) is 3. The Morgan fingerprint density at radius 2 is 1.79 bits per heavy atom. The summed E-state index contributed by atoms with van der Waals surface area (Å²) in [4.78, 5) is 12.2. The maximum atomic E-state index is 12.2. The van der Waals surface area contributed by atoms with E-state index in [4.69, 9.17) is 9.84 Å². The quantitative estimate of drug-likeness (QED) is 0.364. The van der Waals surface area contributed by atoms with Crippen molar-refractivity contribution in [3.05, 3.63) is 83.6 Å². The summed E-state index contributed by atoms with van der Waals surface area (Å²) in [5.74, 6) is -0.632. The molecule has 0 spiro atoms. The summed E-state index contributed by atoms with van der Waals surface area (Å²) < 4.78 is 6.98. The second-order valence-corrected chi connectivity index (χ2v) is 6.61. The number of ether oxygens (including phenoxy) is 1. The highest BCUT2D eigenvalue weighted by molar-refractivity contribution is 5.98. The van der Waals surface area contributed by atoms with Crippen molar-refractivity contribution in [2.45, 2.75) is 26.5 Å². The molecule has 0 aliphatic heterocycles. The first-order valence-electron chi connectivity index (χ1n) is 9.06. The van der Waals surface area contributed by atoms with E-state index in [2.05, 4.69) is 0 Å². The average Bonchev–Trinajstić information content (AvgIpc) is 3.09. The molecule has 1 heterocycles. The van der Waals surface area contributed by atoms with Gasteiger partial charge in [0.05, 0.1) is 18.3 Å². The van der Waals surface area contributed by atoms with E-state index < -0.39 is 5.97 Å². The zero-order chi connectivity index (χ0) is 19.9. The van der Waals surface area contributed by atoms with Crippen molar-refractivity contribution in [2.24, 2.45) is 0 Å². The van der Waals surface area contributed by atoms with Gasteiger partial charge in [-0.25, -0.2) is 4.79 Å². The van der Waals surface area contributed by atoms with Crippen LogP contribution >= 0.6 is 0 Å². The molecule has 0 saturated heterocycles.